The highest BCUT2D eigenvalue weighted by atomic mass is 35.5. The van der Waals surface area contributed by atoms with E-state index in [0.29, 0.717) is 11.6 Å². The first kappa shape index (κ1) is 22.1. The summed E-state index contributed by atoms with van der Waals surface area (Å²) in [5, 5.41) is 6.14. The number of nitrogens with one attached hydrogen (secondary N) is 3. The van der Waals surface area contributed by atoms with Crippen LogP contribution in [0.15, 0.2) is 48.5 Å². The van der Waals surface area contributed by atoms with Gasteiger partial charge in [-0.1, -0.05) is 35.9 Å². The molecule has 0 saturated carbocycles. The largest absolute Gasteiger partial charge is 0.378 e. The minimum absolute atomic E-state index is 0.136. The predicted molar refractivity (Wildman–Crippen MR) is 120 cm³/mol. The van der Waals surface area contributed by atoms with E-state index in [-0.39, 0.29) is 12.6 Å². The molecule has 1 aliphatic heterocycles. The summed E-state index contributed by atoms with van der Waals surface area (Å²) in [6.45, 7) is 2.89. The number of anilines is 1. The maximum absolute atomic E-state index is 12.4. The predicted octanol–water partition coefficient (Wildman–Crippen LogP) is 1.56. The number of amides is 2. The van der Waals surface area contributed by atoms with Crippen LogP contribution < -0.4 is 20.4 Å². The SMILES string of the molecule is CN(C)c1ccc([C@@H](CNC(=O)C(=O)NCc2ccc(Cl)cc2)[NH+]2CCCC2)cc1. The summed E-state index contributed by atoms with van der Waals surface area (Å²) in [6, 6.07) is 15.7. The van der Waals surface area contributed by atoms with Gasteiger partial charge in [-0.05, 0) is 29.8 Å². The smallest absolute Gasteiger partial charge is 0.309 e. The van der Waals surface area contributed by atoms with Crippen LogP contribution in [0.25, 0.3) is 0 Å². The zero-order valence-corrected chi connectivity index (χ0v) is 18.3. The van der Waals surface area contributed by atoms with Crippen molar-refractivity contribution in [2.24, 2.45) is 0 Å². The minimum Gasteiger partial charge on any atom is -0.378 e. The Labute approximate surface area is 183 Å². The Morgan fingerprint density at radius 2 is 1.57 bits per heavy atom. The second-order valence-corrected chi connectivity index (χ2v) is 8.36. The van der Waals surface area contributed by atoms with Crippen LogP contribution in [0, 0.1) is 0 Å². The molecular formula is C23H30ClN4O2+. The second kappa shape index (κ2) is 10.5. The van der Waals surface area contributed by atoms with Gasteiger partial charge in [-0.2, -0.15) is 0 Å². The number of likely N-dealkylation sites (tertiary alicyclic amines) is 1. The maximum Gasteiger partial charge on any atom is 0.309 e. The monoisotopic (exact) mass is 429 g/mol. The molecule has 0 spiro atoms. The molecule has 0 aromatic heterocycles. The van der Waals surface area contributed by atoms with E-state index in [1.807, 2.05) is 26.2 Å². The molecule has 30 heavy (non-hydrogen) atoms. The zero-order chi connectivity index (χ0) is 21.5. The molecule has 2 aromatic rings. The molecule has 1 saturated heterocycles. The molecule has 0 radical (unpaired) electrons. The Morgan fingerprint density at radius 3 is 2.17 bits per heavy atom. The molecule has 1 aliphatic rings. The van der Waals surface area contributed by atoms with Crippen LogP contribution in [-0.4, -0.2) is 45.5 Å². The number of quaternary nitrogens is 1. The Balaban J connectivity index is 1.58. The Hall–Kier alpha value is -2.57. The molecule has 3 N–H and O–H groups in total. The van der Waals surface area contributed by atoms with Crippen LogP contribution in [0.4, 0.5) is 5.69 Å². The first-order valence-corrected chi connectivity index (χ1v) is 10.7. The second-order valence-electron chi connectivity index (χ2n) is 7.92. The third-order valence-electron chi connectivity index (χ3n) is 5.59. The van der Waals surface area contributed by atoms with Gasteiger partial charge in [0.15, 0.2) is 0 Å². The van der Waals surface area contributed by atoms with Crippen LogP contribution in [0.3, 0.4) is 0 Å². The van der Waals surface area contributed by atoms with Crippen molar-refractivity contribution < 1.29 is 14.5 Å². The Bertz CT molecular complexity index is 847. The average molecular weight is 430 g/mol. The standard InChI is InChI=1S/C23H29ClN4O2/c1-27(2)20-11-7-18(8-12-20)21(28-13-3-4-14-28)16-26-23(30)22(29)25-15-17-5-9-19(24)10-6-17/h5-12,21H,3-4,13-16H2,1-2H3,(H,25,29)(H,26,30)/p+1/t21-/m1/s1. The van der Waals surface area contributed by atoms with Crippen LogP contribution in [-0.2, 0) is 16.1 Å². The van der Waals surface area contributed by atoms with Crippen molar-refractivity contribution >= 4 is 29.1 Å². The third kappa shape index (κ3) is 5.97. The van der Waals surface area contributed by atoms with E-state index in [1.54, 1.807) is 12.1 Å². The summed E-state index contributed by atoms with van der Waals surface area (Å²) >= 11 is 5.87. The minimum atomic E-state index is -0.622. The molecule has 1 fully saturated rings. The molecule has 0 unspecified atom stereocenters. The summed E-state index contributed by atoms with van der Waals surface area (Å²) in [6.07, 6.45) is 2.38. The zero-order valence-electron chi connectivity index (χ0n) is 17.6. The molecule has 0 bridgehead atoms. The van der Waals surface area contributed by atoms with Gasteiger partial charge in [0.1, 0.15) is 6.04 Å². The highest BCUT2D eigenvalue weighted by Gasteiger charge is 2.28. The van der Waals surface area contributed by atoms with Gasteiger partial charge in [-0.25, -0.2) is 0 Å². The van der Waals surface area contributed by atoms with E-state index < -0.39 is 11.8 Å². The number of nitrogens with zero attached hydrogens (tertiary/aromatic N) is 1. The molecule has 0 aliphatic carbocycles. The quantitative estimate of drug-likeness (QED) is 0.585. The van der Waals surface area contributed by atoms with Crippen molar-refractivity contribution in [2.75, 3.05) is 38.6 Å². The highest BCUT2D eigenvalue weighted by Crippen LogP contribution is 2.17. The lowest BCUT2D eigenvalue weighted by atomic mass is 10.0. The first-order valence-electron chi connectivity index (χ1n) is 10.4. The van der Waals surface area contributed by atoms with Crippen molar-refractivity contribution in [1.29, 1.82) is 0 Å². The summed E-state index contributed by atoms with van der Waals surface area (Å²) < 4.78 is 0. The van der Waals surface area contributed by atoms with Crippen LogP contribution in [0.2, 0.25) is 5.02 Å². The highest BCUT2D eigenvalue weighted by molar-refractivity contribution is 6.35. The molecule has 6 nitrogen and oxygen atoms in total. The number of carbonyl (C=O) groups excluding carboxylic acids is 2. The normalized spacial score (nSPS) is 14.9. The van der Waals surface area contributed by atoms with Crippen LogP contribution >= 0.6 is 11.6 Å². The topological polar surface area (TPSA) is 65.9 Å². The number of hydrogen-bond donors (Lipinski definition) is 3. The van der Waals surface area contributed by atoms with E-state index in [9.17, 15) is 9.59 Å². The van der Waals surface area contributed by atoms with Crippen molar-refractivity contribution in [2.45, 2.75) is 25.4 Å². The van der Waals surface area contributed by atoms with Gasteiger partial charge in [0.2, 0.25) is 0 Å². The lowest BCUT2D eigenvalue weighted by Crippen LogP contribution is -3.11. The third-order valence-corrected chi connectivity index (χ3v) is 5.84. The number of benzene rings is 2. The van der Waals surface area contributed by atoms with E-state index in [0.717, 1.165) is 24.3 Å². The number of halogens is 1. The van der Waals surface area contributed by atoms with Gasteiger partial charge in [0.05, 0.1) is 19.6 Å². The van der Waals surface area contributed by atoms with Crippen molar-refractivity contribution in [3.05, 3.63) is 64.7 Å². The number of carbonyl (C=O) groups is 2. The molecule has 160 valence electrons. The van der Waals surface area contributed by atoms with E-state index in [2.05, 4.69) is 39.8 Å². The van der Waals surface area contributed by atoms with Crippen molar-refractivity contribution in [3.63, 3.8) is 0 Å². The Kier molecular flexibility index (Phi) is 7.71. The van der Waals surface area contributed by atoms with E-state index in [1.165, 1.54) is 23.3 Å². The summed E-state index contributed by atoms with van der Waals surface area (Å²) in [7, 11) is 4.03. The first-order chi connectivity index (χ1) is 14.4. The van der Waals surface area contributed by atoms with Gasteiger partial charge < -0.3 is 20.4 Å². The maximum atomic E-state index is 12.4. The lowest BCUT2D eigenvalue weighted by molar-refractivity contribution is -0.918. The van der Waals surface area contributed by atoms with Gasteiger partial charge in [0, 0.05) is 49.8 Å². The van der Waals surface area contributed by atoms with E-state index in [4.69, 9.17) is 11.6 Å². The summed E-state index contributed by atoms with van der Waals surface area (Å²) in [4.78, 5) is 28.1. The molecular weight excluding hydrogens is 400 g/mol. The molecule has 2 aromatic carbocycles. The summed E-state index contributed by atoms with van der Waals surface area (Å²) in [5.41, 5.74) is 3.21. The molecule has 7 heteroatoms. The van der Waals surface area contributed by atoms with E-state index >= 15 is 0 Å². The number of hydrogen-bond acceptors (Lipinski definition) is 3. The summed E-state index contributed by atoms with van der Waals surface area (Å²) in [5.74, 6) is -1.22. The average Bonchev–Trinajstić information content (AvgIpc) is 3.28. The van der Waals surface area contributed by atoms with Crippen molar-refractivity contribution in [1.82, 2.24) is 10.6 Å². The van der Waals surface area contributed by atoms with Gasteiger partial charge in [0.25, 0.3) is 0 Å². The molecule has 1 atom stereocenters. The van der Waals surface area contributed by atoms with Crippen molar-refractivity contribution in [3.8, 4) is 0 Å². The lowest BCUT2D eigenvalue weighted by Gasteiger charge is -2.25. The molecule has 1 heterocycles. The Morgan fingerprint density at radius 1 is 0.967 bits per heavy atom. The van der Waals surface area contributed by atoms with Gasteiger partial charge >= 0.3 is 11.8 Å². The van der Waals surface area contributed by atoms with Gasteiger partial charge in [-0.15, -0.1) is 0 Å². The molecule has 3 rings (SSSR count). The molecule has 2 amide bonds. The van der Waals surface area contributed by atoms with Crippen LogP contribution in [0.5, 0.6) is 0 Å². The fraction of sp³-hybridized carbons (Fsp3) is 0.391. The van der Waals surface area contributed by atoms with Crippen LogP contribution in [0.1, 0.15) is 30.0 Å². The van der Waals surface area contributed by atoms with Gasteiger partial charge in [-0.3, -0.25) is 9.59 Å². The fourth-order valence-corrected chi connectivity index (χ4v) is 3.95. The number of rotatable bonds is 7. The fourth-order valence-electron chi connectivity index (χ4n) is 3.82.